The molecule has 0 atom stereocenters. The number of benzene rings is 1. The number of hydrogen-bond donors (Lipinski definition) is 1. The molecule has 0 bridgehead atoms. The molecule has 0 fully saturated rings. The number of aromatic nitrogens is 3. The maximum Gasteiger partial charge on any atom is 0.109 e. The summed E-state index contributed by atoms with van der Waals surface area (Å²) in [5.41, 5.74) is 2.64. The summed E-state index contributed by atoms with van der Waals surface area (Å²) < 4.78 is 0. The van der Waals surface area contributed by atoms with Gasteiger partial charge in [-0.1, -0.05) is 12.1 Å². The molecule has 1 aromatic heterocycles. The lowest BCUT2D eigenvalue weighted by Gasteiger charge is -1.99. The lowest BCUT2D eigenvalue weighted by atomic mass is 10.2. The molecular weight excluding hydrogens is 178 g/mol. The topological polar surface area (TPSA) is 50.9 Å². The van der Waals surface area contributed by atoms with Gasteiger partial charge in [-0.15, -0.1) is 0 Å². The molecule has 2 aromatic rings. The first-order valence-corrected chi connectivity index (χ1v) is 4.39. The van der Waals surface area contributed by atoms with Crippen LogP contribution in [0.3, 0.4) is 0 Å². The Balaban J connectivity index is 2.39. The highest BCUT2D eigenvalue weighted by Gasteiger charge is 2.00. The van der Waals surface area contributed by atoms with Crippen LogP contribution in [-0.2, 0) is 6.61 Å². The lowest BCUT2D eigenvalue weighted by molar-refractivity contribution is 0.276. The molecule has 0 saturated heterocycles. The Morgan fingerprint density at radius 3 is 2.93 bits per heavy atom. The fraction of sp³-hybridized carbons (Fsp3) is 0.200. The molecule has 0 amide bonds. The molecule has 4 heteroatoms. The summed E-state index contributed by atoms with van der Waals surface area (Å²) in [7, 11) is 0. The molecule has 0 aliphatic rings. The maximum atomic E-state index is 8.84. The van der Waals surface area contributed by atoms with Crippen molar-refractivity contribution in [2.75, 3.05) is 0 Å². The summed E-state index contributed by atoms with van der Waals surface area (Å²) in [6.45, 7) is 1.94. The van der Waals surface area contributed by atoms with E-state index in [-0.39, 0.29) is 6.61 Å². The quantitative estimate of drug-likeness (QED) is 0.768. The van der Waals surface area contributed by atoms with Crippen LogP contribution < -0.4 is 0 Å². The van der Waals surface area contributed by atoms with Gasteiger partial charge in [-0.2, -0.15) is 15.0 Å². The van der Waals surface area contributed by atoms with Gasteiger partial charge in [0.25, 0.3) is 0 Å². The fourth-order valence-electron chi connectivity index (χ4n) is 1.24. The predicted octanol–water partition coefficient (Wildman–Crippen LogP) is 1.07. The van der Waals surface area contributed by atoms with E-state index in [1.165, 1.54) is 4.80 Å². The second-order valence-electron chi connectivity index (χ2n) is 3.12. The van der Waals surface area contributed by atoms with Crippen molar-refractivity contribution in [1.29, 1.82) is 0 Å². The molecule has 0 unspecified atom stereocenters. The molecule has 1 heterocycles. The molecule has 0 aliphatic carbocycles. The molecule has 72 valence electrons. The Morgan fingerprint density at radius 1 is 1.43 bits per heavy atom. The Kier molecular flexibility index (Phi) is 2.28. The standard InChI is InChI=1S/C10H11N3O/c1-8-3-2-4-10(5-8)13-11-6-9(7-14)12-13/h2-6,14H,7H2,1H3. The first kappa shape index (κ1) is 8.90. The van der Waals surface area contributed by atoms with Gasteiger partial charge in [0.2, 0.25) is 0 Å². The van der Waals surface area contributed by atoms with Crippen LogP contribution in [0.25, 0.3) is 5.69 Å². The van der Waals surface area contributed by atoms with Gasteiger partial charge >= 0.3 is 0 Å². The van der Waals surface area contributed by atoms with Gasteiger partial charge in [-0.05, 0) is 24.6 Å². The second kappa shape index (κ2) is 3.59. The van der Waals surface area contributed by atoms with E-state index in [4.69, 9.17) is 5.11 Å². The first-order chi connectivity index (χ1) is 6.79. The van der Waals surface area contributed by atoms with Gasteiger partial charge in [-0.3, -0.25) is 0 Å². The zero-order valence-corrected chi connectivity index (χ0v) is 7.88. The molecule has 0 spiro atoms. The van der Waals surface area contributed by atoms with Crippen molar-refractivity contribution >= 4 is 0 Å². The van der Waals surface area contributed by atoms with E-state index >= 15 is 0 Å². The third-order valence-corrected chi connectivity index (χ3v) is 1.93. The van der Waals surface area contributed by atoms with Crippen LogP contribution in [0, 0.1) is 6.92 Å². The molecule has 14 heavy (non-hydrogen) atoms. The molecule has 2 rings (SSSR count). The number of aliphatic hydroxyl groups is 1. The van der Waals surface area contributed by atoms with Gasteiger partial charge in [-0.25, -0.2) is 0 Å². The fourth-order valence-corrected chi connectivity index (χ4v) is 1.24. The van der Waals surface area contributed by atoms with E-state index < -0.39 is 0 Å². The van der Waals surface area contributed by atoms with Gasteiger partial charge in [0.1, 0.15) is 5.69 Å². The summed E-state index contributed by atoms with van der Waals surface area (Å²) in [6, 6.07) is 7.88. The van der Waals surface area contributed by atoms with Gasteiger partial charge in [0.05, 0.1) is 18.5 Å². The molecule has 1 N–H and O–H groups in total. The van der Waals surface area contributed by atoms with Crippen molar-refractivity contribution in [3.63, 3.8) is 0 Å². The highest BCUT2D eigenvalue weighted by Crippen LogP contribution is 2.07. The summed E-state index contributed by atoms with van der Waals surface area (Å²) in [4.78, 5) is 1.51. The van der Waals surface area contributed by atoms with Gasteiger partial charge in [0.15, 0.2) is 0 Å². The Morgan fingerprint density at radius 2 is 2.29 bits per heavy atom. The monoisotopic (exact) mass is 189 g/mol. The zero-order chi connectivity index (χ0) is 9.97. The minimum Gasteiger partial charge on any atom is -0.390 e. The summed E-state index contributed by atoms with van der Waals surface area (Å²) in [6.07, 6.45) is 1.56. The molecule has 4 nitrogen and oxygen atoms in total. The highest BCUT2D eigenvalue weighted by molar-refractivity contribution is 5.33. The predicted molar refractivity (Wildman–Crippen MR) is 52.0 cm³/mol. The van der Waals surface area contributed by atoms with Crippen molar-refractivity contribution in [2.45, 2.75) is 13.5 Å². The van der Waals surface area contributed by atoms with Crippen molar-refractivity contribution in [3.8, 4) is 5.69 Å². The third-order valence-electron chi connectivity index (χ3n) is 1.93. The van der Waals surface area contributed by atoms with Crippen LogP contribution in [-0.4, -0.2) is 20.1 Å². The number of rotatable bonds is 2. The summed E-state index contributed by atoms with van der Waals surface area (Å²) >= 11 is 0. The average Bonchev–Trinajstić information content (AvgIpc) is 2.66. The molecule has 0 radical (unpaired) electrons. The zero-order valence-electron chi connectivity index (χ0n) is 7.88. The number of nitrogens with zero attached hydrogens (tertiary/aromatic N) is 3. The van der Waals surface area contributed by atoms with E-state index in [1.54, 1.807) is 6.20 Å². The normalized spacial score (nSPS) is 10.4. The minimum absolute atomic E-state index is 0.0776. The van der Waals surface area contributed by atoms with Gasteiger partial charge < -0.3 is 5.11 Å². The van der Waals surface area contributed by atoms with Crippen molar-refractivity contribution in [1.82, 2.24) is 15.0 Å². The van der Waals surface area contributed by atoms with Crippen LogP contribution >= 0.6 is 0 Å². The van der Waals surface area contributed by atoms with Crippen LogP contribution in [0.4, 0.5) is 0 Å². The average molecular weight is 189 g/mol. The van der Waals surface area contributed by atoms with Crippen molar-refractivity contribution in [2.24, 2.45) is 0 Å². The van der Waals surface area contributed by atoms with Crippen molar-refractivity contribution in [3.05, 3.63) is 41.7 Å². The molecule has 0 aliphatic heterocycles. The van der Waals surface area contributed by atoms with Gasteiger partial charge in [0, 0.05) is 0 Å². The summed E-state index contributed by atoms with van der Waals surface area (Å²) in [5.74, 6) is 0. The van der Waals surface area contributed by atoms with E-state index in [1.807, 2.05) is 31.2 Å². The second-order valence-corrected chi connectivity index (χ2v) is 3.12. The first-order valence-electron chi connectivity index (χ1n) is 4.39. The third kappa shape index (κ3) is 1.65. The Labute approximate surface area is 81.8 Å². The van der Waals surface area contributed by atoms with Crippen LogP contribution in [0.5, 0.6) is 0 Å². The highest BCUT2D eigenvalue weighted by atomic mass is 16.3. The minimum atomic E-state index is -0.0776. The Hall–Kier alpha value is -1.68. The van der Waals surface area contributed by atoms with Crippen molar-refractivity contribution < 1.29 is 5.11 Å². The Bertz CT molecular complexity index is 436. The lowest BCUT2D eigenvalue weighted by Crippen LogP contribution is -1.99. The van der Waals surface area contributed by atoms with E-state index in [0.29, 0.717) is 5.69 Å². The number of aliphatic hydroxyl groups excluding tert-OH is 1. The van der Waals surface area contributed by atoms with E-state index in [9.17, 15) is 0 Å². The molecule has 1 aromatic carbocycles. The van der Waals surface area contributed by atoms with E-state index in [0.717, 1.165) is 11.3 Å². The summed E-state index contributed by atoms with van der Waals surface area (Å²) in [5, 5.41) is 17.0. The van der Waals surface area contributed by atoms with Crippen LogP contribution in [0.1, 0.15) is 11.3 Å². The smallest absolute Gasteiger partial charge is 0.109 e. The molecular formula is C10H11N3O. The largest absolute Gasteiger partial charge is 0.390 e. The number of hydrogen-bond acceptors (Lipinski definition) is 3. The van der Waals surface area contributed by atoms with Crippen LogP contribution in [0.15, 0.2) is 30.5 Å². The number of aryl methyl sites for hydroxylation is 1. The SMILES string of the molecule is Cc1cccc(-n2ncc(CO)n2)c1. The van der Waals surface area contributed by atoms with Crippen LogP contribution in [0.2, 0.25) is 0 Å². The molecule has 0 saturated carbocycles. The maximum absolute atomic E-state index is 8.84. The van der Waals surface area contributed by atoms with E-state index in [2.05, 4.69) is 10.2 Å².